The molecule has 0 aliphatic heterocycles. The van der Waals surface area contributed by atoms with Gasteiger partial charge in [-0.2, -0.15) is 5.10 Å². The number of nitrogen functional groups attached to an aromatic ring is 1. The average molecular weight is 316 g/mol. The van der Waals surface area contributed by atoms with Crippen LogP contribution in [-0.4, -0.2) is 16.1 Å². The molecule has 0 unspecified atom stereocenters. The first-order valence-electron chi connectivity index (χ1n) is 4.63. The zero-order valence-electron chi connectivity index (χ0n) is 8.50. The Kier molecular flexibility index (Phi) is 3.35. The number of halogens is 2. The Morgan fingerprint density at radius 3 is 2.88 bits per heavy atom. The van der Waals surface area contributed by atoms with Crippen molar-refractivity contribution in [1.29, 1.82) is 0 Å². The van der Waals surface area contributed by atoms with Crippen molar-refractivity contribution in [3.8, 4) is 0 Å². The van der Waals surface area contributed by atoms with Crippen LogP contribution in [0.4, 0.5) is 11.5 Å². The normalized spacial score (nSPS) is 10.2. The third-order valence-corrected chi connectivity index (χ3v) is 2.89. The smallest absolute Gasteiger partial charge is 0.258 e. The fraction of sp³-hybridized carbons (Fsp3) is 0. The third kappa shape index (κ3) is 2.59. The van der Waals surface area contributed by atoms with Gasteiger partial charge in [-0.15, -0.1) is 0 Å². The summed E-state index contributed by atoms with van der Waals surface area (Å²) in [6, 6.07) is 5.00. The largest absolute Gasteiger partial charge is 0.394 e. The Bertz CT molecular complexity index is 569. The topological polar surface area (TPSA) is 83.8 Å². The standard InChI is InChI=1S/C10H8BrClN4O/c11-5-1-2-6(7(12)3-5)10(17)15-9-8(13)4-14-16-9/h1-4H,13H2,(H2,14,15,16,17). The van der Waals surface area contributed by atoms with Crippen LogP contribution < -0.4 is 11.1 Å². The maximum Gasteiger partial charge on any atom is 0.258 e. The van der Waals surface area contributed by atoms with E-state index in [2.05, 4.69) is 31.4 Å². The van der Waals surface area contributed by atoms with Gasteiger partial charge in [0.05, 0.1) is 22.5 Å². The van der Waals surface area contributed by atoms with Gasteiger partial charge in [-0.05, 0) is 18.2 Å². The highest BCUT2D eigenvalue weighted by atomic mass is 79.9. The second-order valence-electron chi connectivity index (χ2n) is 3.28. The van der Waals surface area contributed by atoms with E-state index in [1.54, 1.807) is 18.2 Å². The lowest BCUT2D eigenvalue weighted by molar-refractivity contribution is 0.102. The molecule has 1 aromatic heterocycles. The van der Waals surface area contributed by atoms with Gasteiger partial charge < -0.3 is 11.1 Å². The van der Waals surface area contributed by atoms with Crippen LogP contribution in [0.5, 0.6) is 0 Å². The molecule has 1 aromatic carbocycles. The molecule has 2 aromatic rings. The minimum atomic E-state index is -0.349. The van der Waals surface area contributed by atoms with Gasteiger partial charge in [-0.3, -0.25) is 9.89 Å². The number of hydrogen-bond acceptors (Lipinski definition) is 3. The second-order valence-corrected chi connectivity index (χ2v) is 4.60. The van der Waals surface area contributed by atoms with Gasteiger partial charge in [0.15, 0.2) is 5.82 Å². The Hall–Kier alpha value is -1.53. The predicted molar refractivity (Wildman–Crippen MR) is 70.1 cm³/mol. The first-order valence-corrected chi connectivity index (χ1v) is 5.80. The van der Waals surface area contributed by atoms with E-state index in [9.17, 15) is 4.79 Å². The number of aromatic amines is 1. The number of aromatic nitrogens is 2. The molecule has 0 saturated heterocycles. The molecule has 0 bridgehead atoms. The predicted octanol–water partition coefficient (Wildman–Crippen LogP) is 2.66. The van der Waals surface area contributed by atoms with Crippen molar-refractivity contribution >= 4 is 44.9 Å². The highest BCUT2D eigenvalue weighted by Crippen LogP contribution is 2.23. The summed E-state index contributed by atoms with van der Waals surface area (Å²) in [6.45, 7) is 0. The van der Waals surface area contributed by atoms with Crippen molar-refractivity contribution < 1.29 is 4.79 Å². The molecule has 1 heterocycles. The van der Waals surface area contributed by atoms with Gasteiger partial charge in [0.1, 0.15) is 0 Å². The van der Waals surface area contributed by atoms with E-state index in [4.69, 9.17) is 17.3 Å². The molecule has 17 heavy (non-hydrogen) atoms. The van der Waals surface area contributed by atoms with E-state index in [-0.39, 0.29) is 5.91 Å². The summed E-state index contributed by atoms with van der Waals surface area (Å²) < 4.78 is 0.806. The van der Waals surface area contributed by atoms with Crippen molar-refractivity contribution in [1.82, 2.24) is 10.2 Å². The lowest BCUT2D eigenvalue weighted by Crippen LogP contribution is -2.13. The molecular formula is C10H8BrClN4O. The number of amides is 1. The fourth-order valence-corrected chi connectivity index (χ4v) is 2.01. The molecule has 1 amide bonds. The van der Waals surface area contributed by atoms with Crippen LogP contribution in [0.2, 0.25) is 5.02 Å². The van der Waals surface area contributed by atoms with Crippen LogP contribution in [0, 0.1) is 0 Å². The fourth-order valence-electron chi connectivity index (χ4n) is 1.25. The van der Waals surface area contributed by atoms with Crippen molar-refractivity contribution in [2.75, 3.05) is 11.1 Å². The Balaban J connectivity index is 2.23. The minimum absolute atomic E-state index is 0.349. The number of hydrogen-bond donors (Lipinski definition) is 3. The molecule has 2 rings (SSSR count). The summed E-state index contributed by atoms with van der Waals surface area (Å²) in [5.41, 5.74) is 6.31. The first-order chi connectivity index (χ1) is 8.08. The summed E-state index contributed by atoms with van der Waals surface area (Å²) >= 11 is 9.22. The molecule has 0 radical (unpaired) electrons. The lowest BCUT2D eigenvalue weighted by Gasteiger charge is -2.05. The lowest BCUT2D eigenvalue weighted by atomic mass is 10.2. The van der Waals surface area contributed by atoms with E-state index < -0.39 is 0 Å². The quantitative estimate of drug-likeness (QED) is 0.796. The van der Waals surface area contributed by atoms with Gasteiger partial charge in [0.2, 0.25) is 0 Å². The van der Waals surface area contributed by atoms with Gasteiger partial charge in [0.25, 0.3) is 5.91 Å². The van der Waals surface area contributed by atoms with E-state index in [1.165, 1.54) is 6.20 Å². The van der Waals surface area contributed by atoms with Crippen LogP contribution in [0.25, 0.3) is 0 Å². The molecule has 0 spiro atoms. The molecule has 0 atom stereocenters. The van der Waals surface area contributed by atoms with Crippen molar-refractivity contribution in [3.63, 3.8) is 0 Å². The average Bonchev–Trinajstić information content (AvgIpc) is 2.64. The molecule has 4 N–H and O–H groups in total. The maximum absolute atomic E-state index is 11.9. The van der Waals surface area contributed by atoms with Gasteiger partial charge in [0, 0.05) is 4.47 Å². The third-order valence-electron chi connectivity index (χ3n) is 2.08. The molecular weight excluding hydrogens is 307 g/mol. The minimum Gasteiger partial charge on any atom is -0.394 e. The number of rotatable bonds is 2. The maximum atomic E-state index is 11.9. The monoisotopic (exact) mass is 314 g/mol. The number of H-pyrrole nitrogens is 1. The molecule has 0 fully saturated rings. The van der Waals surface area contributed by atoms with Crippen LogP contribution in [0.3, 0.4) is 0 Å². The Morgan fingerprint density at radius 2 is 2.29 bits per heavy atom. The number of nitrogens with one attached hydrogen (secondary N) is 2. The first kappa shape index (κ1) is 11.9. The van der Waals surface area contributed by atoms with Crippen LogP contribution >= 0.6 is 27.5 Å². The number of anilines is 2. The van der Waals surface area contributed by atoms with E-state index in [0.29, 0.717) is 22.1 Å². The molecule has 7 heteroatoms. The molecule has 0 aliphatic rings. The van der Waals surface area contributed by atoms with Crippen molar-refractivity contribution in [2.24, 2.45) is 0 Å². The number of carbonyl (C=O) groups excluding carboxylic acids is 1. The van der Waals surface area contributed by atoms with Gasteiger partial charge in [-0.25, -0.2) is 0 Å². The molecule has 88 valence electrons. The molecule has 5 nitrogen and oxygen atoms in total. The van der Waals surface area contributed by atoms with Crippen molar-refractivity contribution in [3.05, 3.63) is 39.5 Å². The summed E-state index contributed by atoms with van der Waals surface area (Å²) in [7, 11) is 0. The van der Waals surface area contributed by atoms with E-state index in [0.717, 1.165) is 4.47 Å². The van der Waals surface area contributed by atoms with Crippen LogP contribution in [0.1, 0.15) is 10.4 Å². The molecule has 0 saturated carbocycles. The summed E-state index contributed by atoms with van der Waals surface area (Å²) in [4.78, 5) is 11.9. The second kappa shape index (κ2) is 4.77. The van der Waals surface area contributed by atoms with E-state index >= 15 is 0 Å². The summed E-state index contributed by atoms with van der Waals surface area (Å²) in [5, 5.41) is 9.22. The Labute approximate surface area is 110 Å². The van der Waals surface area contributed by atoms with Gasteiger partial charge >= 0.3 is 0 Å². The van der Waals surface area contributed by atoms with Crippen LogP contribution in [-0.2, 0) is 0 Å². The van der Waals surface area contributed by atoms with E-state index in [1.807, 2.05) is 0 Å². The number of nitrogens with two attached hydrogens (primary N) is 1. The highest BCUT2D eigenvalue weighted by molar-refractivity contribution is 9.10. The number of nitrogens with zero attached hydrogens (tertiary/aromatic N) is 1. The van der Waals surface area contributed by atoms with Crippen LogP contribution in [0.15, 0.2) is 28.9 Å². The highest BCUT2D eigenvalue weighted by Gasteiger charge is 2.12. The summed E-state index contributed by atoms with van der Waals surface area (Å²) in [6.07, 6.45) is 1.42. The zero-order valence-corrected chi connectivity index (χ0v) is 10.8. The Morgan fingerprint density at radius 1 is 1.53 bits per heavy atom. The number of benzene rings is 1. The SMILES string of the molecule is Nc1cn[nH]c1NC(=O)c1ccc(Br)cc1Cl. The summed E-state index contributed by atoms with van der Waals surface area (Å²) in [5.74, 6) is 0.00688. The number of carbonyl (C=O) groups is 1. The zero-order chi connectivity index (χ0) is 12.4. The molecule has 0 aliphatic carbocycles. The van der Waals surface area contributed by atoms with Crippen molar-refractivity contribution in [2.45, 2.75) is 0 Å². The van der Waals surface area contributed by atoms with Gasteiger partial charge in [-0.1, -0.05) is 27.5 Å².